The highest BCUT2D eigenvalue weighted by atomic mass is 16.3. The minimum Gasteiger partial charge on any atom is -0.456 e. The molecule has 8 aromatic carbocycles. The van der Waals surface area contributed by atoms with Gasteiger partial charge in [0, 0.05) is 39.1 Å². The topological polar surface area (TPSA) is 19.6 Å². The summed E-state index contributed by atoms with van der Waals surface area (Å²) in [6.07, 6.45) is 0. The first-order chi connectivity index (χ1) is 26.5. The van der Waals surface area contributed by atoms with Crippen LogP contribution in [-0.4, -0.2) is 6.85 Å². The van der Waals surface area contributed by atoms with Crippen LogP contribution >= 0.6 is 0 Å². The lowest BCUT2D eigenvalue weighted by molar-refractivity contribution is 0.632. The van der Waals surface area contributed by atoms with E-state index in [9.17, 15) is 0 Å². The van der Waals surface area contributed by atoms with Crippen molar-refractivity contribution in [3.05, 3.63) is 174 Å². The highest BCUT2D eigenvalue weighted by Crippen LogP contribution is 2.56. The third kappa shape index (κ3) is 3.77. The van der Waals surface area contributed by atoms with Gasteiger partial charge in [0.05, 0.1) is 11.1 Å². The maximum Gasteiger partial charge on any atom is 0.333 e. The van der Waals surface area contributed by atoms with Gasteiger partial charge in [-0.2, -0.15) is 0 Å². The second kappa shape index (κ2) is 10.5. The van der Waals surface area contributed by atoms with Crippen LogP contribution in [0.3, 0.4) is 0 Å². The predicted octanol–water partition coefficient (Wildman–Crippen LogP) is 12.1. The number of benzene rings is 8. The summed E-state index contributed by atoms with van der Waals surface area (Å²) in [4.78, 5) is 5.25. The molecule has 0 fully saturated rings. The number of nitrogens with zero attached hydrogens (tertiary/aromatic N) is 2. The number of hydrogen-bond donors (Lipinski definition) is 0. The van der Waals surface area contributed by atoms with E-state index in [0.29, 0.717) is 0 Å². The van der Waals surface area contributed by atoms with E-state index in [0.717, 1.165) is 27.6 Å². The Hall–Kier alpha value is -6.52. The first-order valence-corrected chi connectivity index (χ1v) is 19.0. The lowest BCUT2D eigenvalue weighted by atomic mass is 9.42. The van der Waals surface area contributed by atoms with Crippen molar-refractivity contribution in [1.29, 1.82) is 0 Å². The van der Waals surface area contributed by atoms with Crippen LogP contribution in [0.25, 0.3) is 55.0 Å². The number of rotatable bonds is 2. The Morgan fingerprint density at radius 1 is 0.556 bits per heavy atom. The summed E-state index contributed by atoms with van der Waals surface area (Å²) in [5.41, 5.74) is 19.4. The zero-order valence-corrected chi connectivity index (χ0v) is 30.4. The molecule has 0 bridgehead atoms. The molecule has 4 heterocycles. The molecule has 3 nitrogen and oxygen atoms in total. The van der Waals surface area contributed by atoms with E-state index in [4.69, 9.17) is 4.42 Å². The van der Waals surface area contributed by atoms with Crippen LogP contribution in [0.5, 0.6) is 0 Å². The van der Waals surface area contributed by atoms with Crippen LogP contribution in [0.1, 0.15) is 30.5 Å². The van der Waals surface area contributed by atoms with Gasteiger partial charge < -0.3 is 14.1 Å². The summed E-state index contributed by atoms with van der Waals surface area (Å²) in [5, 5.41) is 4.77. The predicted molar refractivity (Wildman–Crippen MR) is 227 cm³/mol. The van der Waals surface area contributed by atoms with Crippen LogP contribution in [-0.2, 0) is 5.41 Å². The number of hydrogen-bond acceptors (Lipinski definition) is 3. The lowest BCUT2D eigenvalue weighted by Gasteiger charge is -2.50. The molecule has 0 saturated carbocycles. The molecule has 0 aliphatic carbocycles. The standard InChI is InChI=1S/C50H35BN2O/c1-30-14-4-6-16-33(30)32-28-36-46-34-17-7-5-15-31(34)26-27-42(46)53(41-23-13-25-45-47(41)35-18-8-11-24-44(35)54-45)51-39-21-12-20-38-49(39)52(43(29-32)48(36)51)40-22-10-9-19-37(40)50(38,2)3/h4-29H,1-3H3. The third-order valence-electron chi connectivity index (χ3n) is 12.5. The van der Waals surface area contributed by atoms with Gasteiger partial charge in [0.25, 0.3) is 0 Å². The number of aryl methyl sites for hydroxylation is 1. The fraction of sp³-hybridized carbons (Fsp3) is 0.0800. The molecule has 4 heteroatoms. The Balaban J connectivity index is 1.29. The van der Waals surface area contributed by atoms with Gasteiger partial charge in [-0.25, -0.2) is 0 Å². The van der Waals surface area contributed by atoms with Crippen molar-refractivity contribution in [1.82, 2.24) is 0 Å². The molecule has 0 spiro atoms. The minimum atomic E-state index is -0.194. The van der Waals surface area contributed by atoms with Gasteiger partial charge in [-0.1, -0.05) is 129 Å². The van der Waals surface area contributed by atoms with Gasteiger partial charge in [-0.3, -0.25) is 0 Å². The molecule has 1 aromatic heterocycles. The molecular formula is C50H35BN2O. The Morgan fingerprint density at radius 2 is 1.28 bits per heavy atom. The van der Waals surface area contributed by atoms with E-state index in [1.807, 2.05) is 0 Å². The molecule has 0 N–H and O–H groups in total. The van der Waals surface area contributed by atoms with Gasteiger partial charge in [0.1, 0.15) is 11.2 Å². The maximum absolute atomic E-state index is 6.56. The molecule has 0 atom stereocenters. The van der Waals surface area contributed by atoms with Gasteiger partial charge in [-0.15, -0.1) is 0 Å². The average Bonchev–Trinajstić information content (AvgIpc) is 3.59. The quantitative estimate of drug-likeness (QED) is 0.168. The maximum atomic E-state index is 6.56. The average molecular weight is 691 g/mol. The Morgan fingerprint density at radius 3 is 2.19 bits per heavy atom. The second-order valence-corrected chi connectivity index (χ2v) is 15.7. The van der Waals surface area contributed by atoms with Crippen LogP contribution < -0.4 is 20.6 Å². The van der Waals surface area contributed by atoms with E-state index in [-0.39, 0.29) is 12.3 Å². The van der Waals surface area contributed by atoms with Gasteiger partial charge in [0.15, 0.2) is 0 Å². The molecule has 3 aliphatic rings. The molecule has 54 heavy (non-hydrogen) atoms. The molecule has 0 amide bonds. The Labute approximate surface area is 314 Å². The highest BCUT2D eigenvalue weighted by molar-refractivity contribution is 6.94. The third-order valence-corrected chi connectivity index (χ3v) is 12.5. The lowest BCUT2D eigenvalue weighted by Crippen LogP contribution is -2.62. The molecule has 0 saturated heterocycles. The van der Waals surface area contributed by atoms with Gasteiger partial charge in [-0.05, 0) is 104 Å². The van der Waals surface area contributed by atoms with Crippen molar-refractivity contribution in [2.24, 2.45) is 0 Å². The minimum absolute atomic E-state index is 0.0962. The van der Waals surface area contributed by atoms with Crippen LogP contribution in [0.2, 0.25) is 0 Å². The summed E-state index contributed by atoms with van der Waals surface area (Å²) in [7, 11) is 0. The SMILES string of the molecule is Cc1ccccc1-c1cc2c3c(c1)N1c4ccccc4C(C)(C)c4cccc(c41)B3N(c1cccc3oc4ccccc4c13)c1ccc3ccccc3c1-2. The van der Waals surface area contributed by atoms with Crippen molar-refractivity contribution in [3.8, 4) is 22.3 Å². The van der Waals surface area contributed by atoms with Crippen molar-refractivity contribution in [2.45, 2.75) is 26.2 Å². The Kier molecular flexibility index (Phi) is 5.86. The van der Waals surface area contributed by atoms with Crippen molar-refractivity contribution in [3.63, 3.8) is 0 Å². The smallest absolute Gasteiger partial charge is 0.333 e. The largest absolute Gasteiger partial charge is 0.456 e. The molecule has 0 unspecified atom stereocenters. The fourth-order valence-corrected chi connectivity index (χ4v) is 10.2. The first kappa shape index (κ1) is 30.0. The Bertz CT molecular complexity index is 3080. The highest BCUT2D eigenvalue weighted by Gasteiger charge is 2.50. The van der Waals surface area contributed by atoms with Gasteiger partial charge in [0.2, 0.25) is 0 Å². The summed E-state index contributed by atoms with van der Waals surface area (Å²) in [6.45, 7) is 6.92. The summed E-state index contributed by atoms with van der Waals surface area (Å²) in [5.74, 6) is 0. The van der Waals surface area contributed by atoms with Gasteiger partial charge >= 0.3 is 6.85 Å². The van der Waals surface area contributed by atoms with E-state index in [2.05, 4.69) is 188 Å². The molecule has 254 valence electrons. The first-order valence-electron chi connectivity index (χ1n) is 19.0. The van der Waals surface area contributed by atoms with Crippen molar-refractivity contribution in [2.75, 3.05) is 9.71 Å². The molecule has 9 aromatic rings. The van der Waals surface area contributed by atoms with Crippen molar-refractivity contribution >= 4 is 78.9 Å². The normalized spacial score (nSPS) is 14.6. The number of furan rings is 1. The molecule has 12 rings (SSSR count). The zero-order chi connectivity index (χ0) is 35.9. The molecular weight excluding hydrogens is 655 g/mol. The fourth-order valence-electron chi connectivity index (χ4n) is 10.2. The summed E-state index contributed by atoms with van der Waals surface area (Å²) in [6, 6.07) is 58.5. The summed E-state index contributed by atoms with van der Waals surface area (Å²) < 4.78 is 6.56. The number of fused-ring (bicyclic) bond motifs is 11. The zero-order valence-electron chi connectivity index (χ0n) is 30.4. The van der Waals surface area contributed by atoms with E-state index in [1.54, 1.807) is 0 Å². The molecule has 3 aliphatic heterocycles. The second-order valence-electron chi connectivity index (χ2n) is 15.7. The van der Waals surface area contributed by atoms with Crippen LogP contribution in [0.15, 0.2) is 162 Å². The van der Waals surface area contributed by atoms with Crippen LogP contribution in [0, 0.1) is 6.92 Å². The monoisotopic (exact) mass is 690 g/mol. The summed E-state index contributed by atoms with van der Waals surface area (Å²) >= 11 is 0. The van der Waals surface area contributed by atoms with E-state index in [1.165, 1.54) is 83.4 Å². The number of anilines is 5. The van der Waals surface area contributed by atoms with E-state index >= 15 is 0 Å². The number of para-hydroxylation sites is 3. The van der Waals surface area contributed by atoms with Crippen molar-refractivity contribution < 1.29 is 4.42 Å². The molecule has 0 radical (unpaired) electrons. The van der Waals surface area contributed by atoms with Crippen LogP contribution in [0.4, 0.5) is 28.4 Å². The van der Waals surface area contributed by atoms with E-state index < -0.39 is 0 Å².